The molecule has 2 rings (SSSR count). The molecule has 0 saturated heterocycles. The quantitative estimate of drug-likeness (QED) is 0.161. The molecule has 0 unspecified atom stereocenters. The molecule has 0 atom stereocenters. The van der Waals surface area contributed by atoms with Crippen LogP contribution in [0.3, 0.4) is 0 Å². The monoisotopic (exact) mass is 669 g/mol. The van der Waals surface area contributed by atoms with Gasteiger partial charge in [0.2, 0.25) is 11.8 Å². The molecule has 0 radical (unpaired) electrons. The number of aliphatic hydroxyl groups excluding tert-OH is 2. The molecule has 2 aromatic rings. The summed E-state index contributed by atoms with van der Waals surface area (Å²) in [6.45, 7) is 5.97. The minimum atomic E-state index is -1.33. The molecule has 3 amide bonds. The highest BCUT2D eigenvalue weighted by atomic mass is 16.6. The largest absolute Gasteiger partial charge is 0.478 e. The summed E-state index contributed by atoms with van der Waals surface area (Å²) in [5, 5.41) is 57.2. The van der Waals surface area contributed by atoms with Gasteiger partial charge in [-0.2, -0.15) is 0 Å². The number of nitrogens with one attached hydrogen (secondary N) is 3. The summed E-state index contributed by atoms with van der Waals surface area (Å²) in [6.07, 6.45) is -0.789. The Hall–Kier alpha value is -5.63. The van der Waals surface area contributed by atoms with Gasteiger partial charge in [0.15, 0.2) is 0 Å². The van der Waals surface area contributed by atoms with Crippen LogP contribution in [0.4, 0.5) is 16.2 Å². The second-order valence-corrected chi connectivity index (χ2v) is 9.47. The first kappa shape index (κ1) is 43.5. The highest BCUT2D eigenvalue weighted by molar-refractivity contribution is 6.00. The summed E-state index contributed by atoms with van der Waals surface area (Å²) >= 11 is 0. The maximum absolute atomic E-state index is 11.8. The van der Waals surface area contributed by atoms with Crippen molar-refractivity contribution in [2.45, 2.75) is 33.3 Å². The Labute approximate surface area is 268 Å². The molecule has 47 heavy (non-hydrogen) atoms. The number of rotatable bonds is 9. The number of carbonyl (C=O) groups is 7. The second-order valence-electron chi connectivity index (χ2n) is 9.47. The van der Waals surface area contributed by atoms with E-state index in [0.29, 0.717) is 0 Å². The van der Waals surface area contributed by atoms with E-state index in [1.54, 1.807) is 27.7 Å². The van der Waals surface area contributed by atoms with Gasteiger partial charge in [0, 0.05) is 18.0 Å². The topological polar surface area (TPSA) is 338 Å². The Kier molecular flexibility index (Phi) is 20.3. The molecular weight excluding hydrogens is 630 g/mol. The highest BCUT2D eigenvalue weighted by Crippen LogP contribution is 2.16. The predicted molar refractivity (Wildman–Crippen MR) is 165 cm³/mol. The lowest BCUT2D eigenvalue weighted by molar-refractivity contribution is -0.116. The molecule has 13 N–H and O–H groups in total. The van der Waals surface area contributed by atoms with Crippen LogP contribution in [0.15, 0.2) is 36.4 Å². The standard InChI is InChI=1S/C15H18N2O7.C10H10N2O5.C2H6O.CH5NO/c1-15(2,3)24-14(23)16-7-11(18)17-10-5-8(12(19)20)4-9(6-10)13(21)22;11-4-8(13)12-7-2-5(9(14)15)1-6(3-7)10(16)17;1-2-3;2-1-3/h4-6H,7H2,1-3H3,(H,16,23)(H,17,18)(H,19,20)(H,21,22);1-3H,4,11H2,(H,12,13)(H,14,15)(H,16,17);3H,2H2,1H3;3H,1-2H2. The number of carbonyl (C=O) groups excluding carboxylic acids is 3. The molecule has 0 spiro atoms. The number of carboxylic acid groups (broad SMARTS) is 4. The number of amides is 3. The summed E-state index contributed by atoms with van der Waals surface area (Å²) in [5.74, 6) is -6.43. The van der Waals surface area contributed by atoms with Gasteiger partial charge >= 0.3 is 30.0 Å². The van der Waals surface area contributed by atoms with Crippen molar-refractivity contribution in [2.24, 2.45) is 11.5 Å². The number of ether oxygens (including phenoxy) is 1. The van der Waals surface area contributed by atoms with Crippen LogP contribution in [-0.2, 0) is 14.3 Å². The van der Waals surface area contributed by atoms with E-state index in [1.165, 1.54) is 0 Å². The van der Waals surface area contributed by atoms with Gasteiger partial charge in [-0.05, 0) is 64.1 Å². The van der Waals surface area contributed by atoms with Crippen LogP contribution in [0.2, 0.25) is 0 Å². The number of aromatic carboxylic acids is 4. The van der Waals surface area contributed by atoms with Crippen LogP contribution >= 0.6 is 0 Å². The third-order valence-corrected chi connectivity index (χ3v) is 4.40. The zero-order valence-corrected chi connectivity index (χ0v) is 25.9. The second kappa shape index (κ2) is 22.0. The van der Waals surface area contributed by atoms with Crippen molar-refractivity contribution in [3.8, 4) is 0 Å². The molecule has 0 heterocycles. The summed E-state index contributed by atoms with van der Waals surface area (Å²) in [7, 11) is 0. The normalized spacial score (nSPS) is 9.70. The van der Waals surface area contributed by atoms with Gasteiger partial charge in [0.05, 0.1) is 35.5 Å². The lowest BCUT2D eigenvalue weighted by Crippen LogP contribution is -2.37. The third-order valence-electron chi connectivity index (χ3n) is 4.40. The summed E-state index contributed by atoms with van der Waals surface area (Å²) in [4.78, 5) is 77.7. The van der Waals surface area contributed by atoms with Crippen LogP contribution in [0.1, 0.15) is 69.1 Å². The minimum absolute atomic E-state index is 0.0108. The minimum Gasteiger partial charge on any atom is -0.478 e. The molecular formula is C28H39N5O14. The summed E-state index contributed by atoms with van der Waals surface area (Å²) in [5.41, 5.74) is 7.81. The fourth-order valence-electron chi connectivity index (χ4n) is 2.78. The molecule has 0 saturated carbocycles. The van der Waals surface area contributed by atoms with E-state index in [-0.39, 0.29) is 53.5 Å². The molecule has 0 fully saturated rings. The number of aliphatic hydroxyl groups is 2. The van der Waals surface area contributed by atoms with Crippen molar-refractivity contribution in [3.63, 3.8) is 0 Å². The maximum atomic E-state index is 11.8. The first-order valence-electron chi connectivity index (χ1n) is 13.2. The smallest absolute Gasteiger partial charge is 0.408 e. The lowest BCUT2D eigenvalue weighted by atomic mass is 10.1. The van der Waals surface area contributed by atoms with Gasteiger partial charge in [0.1, 0.15) is 12.1 Å². The lowest BCUT2D eigenvalue weighted by Gasteiger charge is -2.19. The fourth-order valence-corrected chi connectivity index (χ4v) is 2.78. The van der Waals surface area contributed by atoms with E-state index >= 15 is 0 Å². The van der Waals surface area contributed by atoms with Crippen LogP contribution in [0.25, 0.3) is 0 Å². The number of alkyl carbamates (subject to hydrolysis) is 1. The van der Waals surface area contributed by atoms with E-state index < -0.39 is 53.9 Å². The Morgan fingerprint density at radius 2 is 0.957 bits per heavy atom. The number of carboxylic acids is 4. The van der Waals surface area contributed by atoms with E-state index in [9.17, 15) is 33.6 Å². The number of hydrogen-bond acceptors (Lipinski definition) is 12. The van der Waals surface area contributed by atoms with Crippen LogP contribution in [0, 0.1) is 0 Å². The molecule has 19 heteroatoms. The number of anilines is 2. The van der Waals surface area contributed by atoms with Gasteiger partial charge < -0.3 is 62.8 Å². The van der Waals surface area contributed by atoms with Crippen molar-refractivity contribution >= 4 is 53.2 Å². The number of nitrogens with two attached hydrogens (primary N) is 2. The first-order valence-corrected chi connectivity index (χ1v) is 13.2. The number of benzene rings is 2. The van der Waals surface area contributed by atoms with Gasteiger partial charge in [-0.15, -0.1) is 0 Å². The molecule has 0 aliphatic rings. The SMILES string of the molecule is CC(C)(C)OC(=O)NCC(=O)Nc1cc(C(=O)O)cc(C(=O)O)c1.CCO.NCC(=O)Nc1cc(C(=O)O)cc(C(=O)O)c1.NCO. The van der Waals surface area contributed by atoms with Crippen molar-refractivity contribution in [2.75, 3.05) is 37.1 Å². The zero-order chi connectivity index (χ0) is 36.9. The Balaban J connectivity index is 0. The maximum Gasteiger partial charge on any atom is 0.408 e. The van der Waals surface area contributed by atoms with Gasteiger partial charge in [-0.25, -0.2) is 24.0 Å². The average molecular weight is 670 g/mol. The van der Waals surface area contributed by atoms with Crippen molar-refractivity contribution in [1.29, 1.82) is 0 Å². The number of hydrogen-bond donors (Lipinski definition) is 11. The highest BCUT2D eigenvalue weighted by Gasteiger charge is 2.17. The molecule has 0 aromatic heterocycles. The van der Waals surface area contributed by atoms with Gasteiger partial charge in [0.25, 0.3) is 0 Å². The van der Waals surface area contributed by atoms with Gasteiger partial charge in [-0.1, -0.05) is 0 Å². The molecule has 2 aromatic carbocycles. The van der Waals surface area contributed by atoms with E-state index in [1.807, 2.05) is 0 Å². The first-order chi connectivity index (χ1) is 21.7. The van der Waals surface area contributed by atoms with E-state index in [0.717, 1.165) is 36.4 Å². The molecule has 260 valence electrons. The van der Waals surface area contributed by atoms with Crippen LogP contribution < -0.4 is 27.4 Å². The van der Waals surface area contributed by atoms with Gasteiger partial charge in [-0.3, -0.25) is 9.59 Å². The van der Waals surface area contributed by atoms with Crippen molar-refractivity contribution in [1.82, 2.24) is 5.32 Å². The molecule has 0 bridgehead atoms. The third kappa shape index (κ3) is 20.1. The Bertz CT molecular complexity index is 1340. The molecule has 19 nitrogen and oxygen atoms in total. The van der Waals surface area contributed by atoms with E-state index in [2.05, 4.69) is 21.7 Å². The summed E-state index contributed by atoms with van der Waals surface area (Å²) in [6, 6.07) is 6.51. The Morgan fingerprint density at radius 3 is 1.21 bits per heavy atom. The van der Waals surface area contributed by atoms with E-state index in [4.69, 9.17) is 41.1 Å². The van der Waals surface area contributed by atoms with Crippen molar-refractivity contribution < 1.29 is 68.9 Å². The van der Waals surface area contributed by atoms with Crippen LogP contribution in [0.5, 0.6) is 0 Å². The van der Waals surface area contributed by atoms with Crippen LogP contribution in [-0.4, -0.2) is 104 Å². The average Bonchev–Trinajstić information content (AvgIpc) is 2.96. The molecule has 0 aliphatic carbocycles. The van der Waals surface area contributed by atoms with Crippen molar-refractivity contribution in [3.05, 3.63) is 58.7 Å². The predicted octanol–water partition coefficient (Wildman–Crippen LogP) is 0.420. The zero-order valence-electron chi connectivity index (χ0n) is 25.9. The Morgan fingerprint density at radius 1 is 0.660 bits per heavy atom. The fraction of sp³-hybridized carbons (Fsp3) is 0.321. The molecule has 0 aliphatic heterocycles. The summed E-state index contributed by atoms with van der Waals surface area (Å²) < 4.78 is 4.95.